The monoisotopic (exact) mass is 172 g/mol. The van der Waals surface area contributed by atoms with Crippen LogP contribution in [0.1, 0.15) is 19.3 Å². The molecule has 0 amide bonds. The lowest BCUT2D eigenvalue weighted by Gasteiger charge is -2.13. The van der Waals surface area contributed by atoms with Gasteiger partial charge in [-0.3, -0.25) is 0 Å². The van der Waals surface area contributed by atoms with Crippen LogP contribution in [0, 0.1) is 0 Å². The lowest BCUT2D eigenvalue weighted by Crippen LogP contribution is -2.37. The average Bonchev–Trinajstić information content (AvgIpc) is 2.05. The first-order valence-electron chi connectivity index (χ1n) is 4.30. The molecule has 2 N–H and O–H groups in total. The van der Waals surface area contributed by atoms with Gasteiger partial charge in [0.15, 0.2) is 0 Å². The summed E-state index contributed by atoms with van der Waals surface area (Å²) in [7, 11) is 5.17. The first-order valence-corrected chi connectivity index (χ1v) is 5.46. The van der Waals surface area contributed by atoms with Crippen LogP contribution >= 0.6 is 0 Å². The zero-order valence-electron chi connectivity index (χ0n) is 7.85. The predicted octanol–water partition coefficient (Wildman–Crippen LogP) is -0.199. The van der Waals surface area contributed by atoms with Crippen LogP contribution in [0.5, 0.6) is 0 Å². The minimum absolute atomic E-state index is 0.484. The van der Waals surface area contributed by atoms with Gasteiger partial charge in [-0.1, -0.05) is 6.08 Å². The molecular formula is C8H20N2Si. The molecule has 0 saturated heterocycles. The quantitative estimate of drug-likeness (QED) is 0.329. The lowest BCUT2D eigenvalue weighted by atomic mass is 10.2. The van der Waals surface area contributed by atoms with E-state index >= 15 is 0 Å². The Morgan fingerprint density at radius 3 is 2.45 bits per heavy atom. The van der Waals surface area contributed by atoms with Crippen LogP contribution in [-0.4, -0.2) is 30.5 Å². The fraction of sp³-hybridized carbons (Fsp3) is 0.750. The molecule has 0 fully saturated rings. The molecule has 0 aliphatic carbocycles. The first kappa shape index (κ1) is 10.9. The van der Waals surface area contributed by atoms with Gasteiger partial charge in [0.05, 0.1) is 6.17 Å². The zero-order chi connectivity index (χ0) is 8.53. The van der Waals surface area contributed by atoms with Gasteiger partial charge in [-0.15, -0.1) is 5.70 Å². The van der Waals surface area contributed by atoms with Gasteiger partial charge in [0.2, 0.25) is 0 Å². The maximum absolute atomic E-state index is 3.20. The second-order valence-corrected chi connectivity index (χ2v) is 3.30. The van der Waals surface area contributed by atoms with E-state index in [0.717, 1.165) is 0 Å². The Hall–Kier alpha value is -0.123. The molecule has 2 nitrogen and oxygen atoms in total. The lowest BCUT2D eigenvalue weighted by molar-refractivity contribution is 0.451. The number of hydrogen-bond acceptors (Lipinski definition) is 2. The summed E-state index contributed by atoms with van der Waals surface area (Å²) in [5.74, 6) is 0. The highest BCUT2D eigenvalue weighted by Gasteiger charge is 1.98. The van der Waals surface area contributed by atoms with Crippen LogP contribution in [0.25, 0.3) is 0 Å². The third-order valence-corrected chi connectivity index (χ3v) is 2.27. The Balaban J connectivity index is 3.21. The Morgan fingerprint density at radius 1 is 1.36 bits per heavy atom. The summed E-state index contributed by atoms with van der Waals surface area (Å²) < 4.78 is 0. The van der Waals surface area contributed by atoms with Crippen molar-refractivity contribution in [1.29, 1.82) is 0 Å². The predicted molar refractivity (Wildman–Crippen MR) is 54.8 cm³/mol. The summed E-state index contributed by atoms with van der Waals surface area (Å²) in [6.07, 6.45) is 6.46. The van der Waals surface area contributed by atoms with Gasteiger partial charge in [-0.25, -0.2) is 0 Å². The highest BCUT2D eigenvalue weighted by Crippen LogP contribution is 1.98. The molecule has 0 bridgehead atoms. The Labute approximate surface area is 72.9 Å². The van der Waals surface area contributed by atoms with Crippen molar-refractivity contribution in [3.63, 3.8) is 0 Å². The molecule has 0 aliphatic heterocycles. The van der Waals surface area contributed by atoms with Gasteiger partial charge >= 0.3 is 0 Å². The minimum Gasteiger partial charge on any atom is -0.305 e. The number of rotatable bonds is 6. The first-order chi connectivity index (χ1) is 5.35. The summed E-state index contributed by atoms with van der Waals surface area (Å²) in [6, 6.07) is 0. The van der Waals surface area contributed by atoms with Gasteiger partial charge in [-0.2, -0.15) is 0 Å². The van der Waals surface area contributed by atoms with Crippen LogP contribution < -0.4 is 10.6 Å². The van der Waals surface area contributed by atoms with E-state index in [0.29, 0.717) is 6.17 Å². The normalized spacial score (nSPS) is 11.9. The van der Waals surface area contributed by atoms with E-state index in [1.165, 1.54) is 29.5 Å². The molecule has 0 rings (SSSR count). The minimum atomic E-state index is 0.484. The van der Waals surface area contributed by atoms with Crippen molar-refractivity contribution in [2.45, 2.75) is 25.4 Å². The van der Waals surface area contributed by atoms with E-state index in [1.807, 2.05) is 14.1 Å². The smallest absolute Gasteiger partial charge is 0.0566 e. The molecule has 0 aromatic carbocycles. The molecule has 0 aromatic heterocycles. The molecule has 0 spiro atoms. The van der Waals surface area contributed by atoms with Gasteiger partial charge in [0, 0.05) is 10.2 Å². The van der Waals surface area contributed by atoms with E-state index in [-0.39, 0.29) is 0 Å². The van der Waals surface area contributed by atoms with Crippen molar-refractivity contribution >= 4 is 10.2 Å². The fourth-order valence-corrected chi connectivity index (χ4v) is 1.37. The van der Waals surface area contributed by atoms with E-state index in [1.54, 1.807) is 0 Å². The van der Waals surface area contributed by atoms with Crippen molar-refractivity contribution < 1.29 is 0 Å². The van der Waals surface area contributed by atoms with E-state index in [9.17, 15) is 0 Å². The second-order valence-electron chi connectivity index (χ2n) is 2.63. The van der Waals surface area contributed by atoms with E-state index in [4.69, 9.17) is 0 Å². The summed E-state index contributed by atoms with van der Waals surface area (Å²) in [4.78, 5) is 0. The van der Waals surface area contributed by atoms with Crippen molar-refractivity contribution in [2.24, 2.45) is 0 Å². The third kappa shape index (κ3) is 6.28. The molecular weight excluding hydrogens is 152 g/mol. The van der Waals surface area contributed by atoms with Crippen LogP contribution in [-0.2, 0) is 0 Å². The Kier molecular flexibility index (Phi) is 7.89. The van der Waals surface area contributed by atoms with Crippen LogP contribution in [0.2, 0.25) is 0 Å². The molecule has 0 saturated carbocycles. The molecule has 3 heteroatoms. The molecule has 66 valence electrons. The van der Waals surface area contributed by atoms with Crippen molar-refractivity contribution in [2.75, 3.05) is 14.1 Å². The molecule has 0 heterocycles. The van der Waals surface area contributed by atoms with Crippen LogP contribution in [0.15, 0.2) is 11.8 Å². The van der Waals surface area contributed by atoms with Gasteiger partial charge in [0.25, 0.3) is 0 Å². The average molecular weight is 172 g/mol. The van der Waals surface area contributed by atoms with Gasteiger partial charge < -0.3 is 10.6 Å². The number of allylic oxidation sites excluding steroid dienone is 1. The second kappa shape index (κ2) is 7.98. The number of unbranched alkanes of at least 4 members (excludes halogenated alkanes) is 1. The highest BCUT2D eigenvalue weighted by molar-refractivity contribution is 6.16. The summed E-state index contributed by atoms with van der Waals surface area (Å²) in [6.45, 7) is 0. The van der Waals surface area contributed by atoms with Crippen molar-refractivity contribution in [3.8, 4) is 0 Å². The van der Waals surface area contributed by atoms with Gasteiger partial charge in [-0.05, 0) is 33.4 Å². The summed E-state index contributed by atoms with van der Waals surface area (Å²) in [5.41, 5.74) is 2.24. The number of hydrogen-bond donors (Lipinski definition) is 2. The Morgan fingerprint density at radius 2 is 2.00 bits per heavy atom. The maximum atomic E-state index is 3.20. The zero-order valence-corrected chi connectivity index (χ0v) is 9.85. The fourth-order valence-electron chi connectivity index (χ4n) is 1.04. The molecule has 11 heavy (non-hydrogen) atoms. The molecule has 0 unspecified atom stereocenters. The SMILES string of the molecule is CNC(CCCC=C[SiH3])NC. The van der Waals surface area contributed by atoms with Crippen molar-refractivity contribution in [3.05, 3.63) is 11.8 Å². The van der Waals surface area contributed by atoms with E-state index in [2.05, 4.69) is 22.4 Å². The summed E-state index contributed by atoms with van der Waals surface area (Å²) >= 11 is 0. The molecule has 0 aromatic rings. The van der Waals surface area contributed by atoms with Gasteiger partial charge in [0.1, 0.15) is 0 Å². The standard InChI is InChI=1S/C8H20N2Si/c1-9-8(10-2)6-4-3-5-7-11/h5,7-10H,3-4,6H2,1-2,11H3. The van der Waals surface area contributed by atoms with Crippen LogP contribution in [0.4, 0.5) is 0 Å². The van der Waals surface area contributed by atoms with Crippen molar-refractivity contribution in [1.82, 2.24) is 10.6 Å². The third-order valence-electron chi connectivity index (χ3n) is 1.80. The molecule has 0 atom stereocenters. The summed E-state index contributed by atoms with van der Waals surface area (Å²) in [5, 5.41) is 6.40. The largest absolute Gasteiger partial charge is 0.305 e. The molecule has 0 aliphatic rings. The van der Waals surface area contributed by atoms with Crippen LogP contribution in [0.3, 0.4) is 0 Å². The maximum Gasteiger partial charge on any atom is 0.0566 e. The van der Waals surface area contributed by atoms with E-state index < -0.39 is 0 Å². The highest BCUT2D eigenvalue weighted by atomic mass is 28.1. The molecule has 0 radical (unpaired) electrons. The Bertz CT molecular complexity index is 100. The number of nitrogens with one attached hydrogen (secondary N) is 2. The topological polar surface area (TPSA) is 24.1 Å².